The molecule has 2 aromatic rings. The smallest absolute Gasteiger partial charge is 0.161 e. The van der Waals surface area contributed by atoms with Crippen molar-refractivity contribution in [3.05, 3.63) is 36.3 Å². The van der Waals surface area contributed by atoms with Gasteiger partial charge in [-0.25, -0.2) is 9.97 Å². The molecule has 0 radical (unpaired) electrons. The summed E-state index contributed by atoms with van der Waals surface area (Å²) in [5, 5.41) is 0. The summed E-state index contributed by atoms with van der Waals surface area (Å²) in [5.41, 5.74) is 2.03. The highest BCUT2D eigenvalue weighted by Crippen LogP contribution is 2.31. The summed E-state index contributed by atoms with van der Waals surface area (Å²) in [6.45, 7) is 5.09. The van der Waals surface area contributed by atoms with Gasteiger partial charge in [0.05, 0.1) is 6.10 Å². The third-order valence-electron chi connectivity index (χ3n) is 5.13. The van der Waals surface area contributed by atoms with Gasteiger partial charge >= 0.3 is 0 Å². The molecule has 0 saturated carbocycles. The van der Waals surface area contributed by atoms with Crippen molar-refractivity contribution in [1.29, 1.82) is 0 Å². The molecule has 2 fully saturated rings. The maximum absolute atomic E-state index is 5.88. The molecule has 24 heavy (non-hydrogen) atoms. The molecule has 2 aliphatic heterocycles. The van der Waals surface area contributed by atoms with E-state index >= 15 is 0 Å². The largest absolute Gasteiger partial charge is 0.378 e. The SMILES string of the molecule is Cc1cc(N2CCC(C3CCCO3)CC2)nc(-c2ccncc2)n1. The van der Waals surface area contributed by atoms with Crippen LogP contribution in [-0.4, -0.2) is 40.8 Å². The van der Waals surface area contributed by atoms with Crippen LogP contribution in [0.15, 0.2) is 30.6 Å². The molecule has 2 aromatic heterocycles. The number of aryl methyl sites for hydroxylation is 1. The number of aromatic nitrogens is 3. The van der Waals surface area contributed by atoms with Crippen LogP contribution in [0.4, 0.5) is 5.82 Å². The number of hydrogen-bond donors (Lipinski definition) is 0. The highest BCUT2D eigenvalue weighted by atomic mass is 16.5. The zero-order valence-corrected chi connectivity index (χ0v) is 14.2. The molecule has 0 N–H and O–H groups in total. The van der Waals surface area contributed by atoms with Crippen LogP contribution in [0.2, 0.25) is 0 Å². The second-order valence-electron chi connectivity index (χ2n) is 6.80. The molecule has 1 unspecified atom stereocenters. The number of pyridine rings is 1. The molecule has 1 atom stereocenters. The summed E-state index contributed by atoms with van der Waals surface area (Å²) in [5.74, 6) is 2.54. The van der Waals surface area contributed by atoms with E-state index in [1.54, 1.807) is 12.4 Å². The molecule has 2 aliphatic rings. The Bertz CT molecular complexity index is 677. The number of rotatable bonds is 3. The third kappa shape index (κ3) is 3.26. The number of nitrogens with zero attached hydrogens (tertiary/aromatic N) is 4. The van der Waals surface area contributed by atoms with E-state index in [-0.39, 0.29) is 0 Å². The van der Waals surface area contributed by atoms with Gasteiger partial charge in [-0.05, 0) is 50.7 Å². The van der Waals surface area contributed by atoms with Gasteiger partial charge in [0.1, 0.15) is 5.82 Å². The summed E-state index contributed by atoms with van der Waals surface area (Å²) in [6, 6.07) is 6.02. The summed E-state index contributed by atoms with van der Waals surface area (Å²) >= 11 is 0. The minimum absolute atomic E-state index is 0.492. The number of hydrogen-bond acceptors (Lipinski definition) is 5. The first-order chi connectivity index (χ1) is 11.8. The van der Waals surface area contributed by atoms with Crippen LogP contribution >= 0.6 is 0 Å². The highest BCUT2D eigenvalue weighted by Gasteiger charge is 2.30. The first kappa shape index (κ1) is 15.5. The summed E-state index contributed by atoms with van der Waals surface area (Å²) in [4.78, 5) is 15.9. The maximum atomic E-state index is 5.88. The monoisotopic (exact) mass is 324 g/mol. The van der Waals surface area contributed by atoms with Crippen LogP contribution in [0.3, 0.4) is 0 Å². The third-order valence-corrected chi connectivity index (χ3v) is 5.13. The van der Waals surface area contributed by atoms with E-state index in [9.17, 15) is 0 Å². The van der Waals surface area contributed by atoms with Crippen molar-refractivity contribution in [3.8, 4) is 11.4 Å². The summed E-state index contributed by atoms with van der Waals surface area (Å²) in [7, 11) is 0. The van der Waals surface area contributed by atoms with Gasteiger partial charge in [0, 0.05) is 49.4 Å². The van der Waals surface area contributed by atoms with Crippen LogP contribution in [-0.2, 0) is 4.74 Å². The zero-order valence-electron chi connectivity index (χ0n) is 14.2. The molecule has 0 spiro atoms. The topological polar surface area (TPSA) is 51.1 Å². The van der Waals surface area contributed by atoms with E-state index in [2.05, 4.69) is 20.9 Å². The summed E-state index contributed by atoms with van der Waals surface area (Å²) in [6.07, 6.45) is 8.92. The number of ether oxygens (including phenoxy) is 1. The second kappa shape index (κ2) is 6.85. The van der Waals surface area contributed by atoms with Gasteiger partial charge in [0.2, 0.25) is 0 Å². The van der Waals surface area contributed by atoms with Crippen molar-refractivity contribution in [2.75, 3.05) is 24.6 Å². The fraction of sp³-hybridized carbons (Fsp3) is 0.526. The Balaban J connectivity index is 1.49. The highest BCUT2D eigenvalue weighted by molar-refractivity contribution is 5.57. The van der Waals surface area contributed by atoms with E-state index in [0.29, 0.717) is 12.0 Å². The van der Waals surface area contributed by atoms with Crippen molar-refractivity contribution in [3.63, 3.8) is 0 Å². The van der Waals surface area contributed by atoms with Crippen molar-refractivity contribution in [2.45, 2.75) is 38.7 Å². The van der Waals surface area contributed by atoms with E-state index in [1.807, 2.05) is 19.1 Å². The van der Waals surface area contributed by atoms with Crippen molar-refractivity contribution < 1.29 is 4.74 Å². The Morgan fingerprint density at radius 2 is 1.88 bits per heavy atom. The van der Waals surface area contributed by atoms with Gasteiger partial charge in [0.25, 0.3) is 0 Å². The molecule has 2 saturated heterocycles. The number of piperidine rings is 1. The lowest BCUT2D eigenvalue weighted by atomic mass is 9.90. The van der Waals surface area contributed by atoms with Crippen molar-refractivity contribution >= 4 is 5.82 Å². The zero-order chi connectivity index (χ0) is 16.4. The lowest BCUT2D eigenvalue weighted by Crippen LogP contribution is -2.38. The van der Waals surface area contributed by atoms with E-state index in [0.717, 1.165) is 42.6 Å². The normalized spacial score (nSPS) is 22.0. The average Bonchev–Trinajstić information content (AvgIpc) is 3.17. The Hall–Kier alpha value is -2.01. The minimum Gasteiger partial charge on any atom is -0.378 e. The minimum atomic E-state index is 0.492. The fourth-order valence-electron chi connectivity index (χ4n) is 3.82. The predicted octanol–water partition coefficient (Wildman–Crippen LogP) is 3.24. The molecular weight excluding hydrogens is 300 g/mol. The Labute approximate surface area is 143 Å². The summed E-state index contributed by atoms with van der Waals surface area (Å²) < 4.78 is 5.88. The first-order valence-corrected chi connectivity index (χ1v) is 8.92. The quantitative estimate of drug-likeness (QED) is 0.867. The van der Waals surface area contributed by atoms with Crippen molar-refractivity contribution in [1.82, 2.24) is 15.0 Å². The lowest BCUT2D eigenvalue weighted by molar-refractivity contribution is 0.0531. The molecule has 0 bridgehead atoms. The van der Waals surface area contributed by atoms with E-state index in [1.165, 1.54) is 25.7 Å². The van der Waals surface area contributed by atoms with E-state index in [4.69, 9.17) is 9.72 Å². The van der Waals surface area contributed by atoms with Crippen molar-refractivity contribution in [2.24, 2.45) is 5.92 Å². The second-order valence-corrected chi connectivity index (χ2v) is 6.80. The Morgan fingerprint density at radius 3 is 2.58 bits per heavy atom. The standard InChI is InChI=1S/C19H24N4O/c1-14-13-18(22-19(21-14)16-4-8-20-9-5-16)23-10-6-15(7-11-23)17-3-2-12-24-17/h4-5,8-9,13,15,17H,2-3,6-7,10-12H2,1H3. The Kier molecular flexibility index (Phi) is 4.43. The molecule has 5 nitrogen and oxygen atoms in total. The number of anilines is 1. The molecular formula is C19H24N4O. The van der Waals surface area contributed by atoms with Gasteiger partial charge in [-0.1, -0.05) is 0 Å². The molecule has 5 heteroatoms. The average molecular weight is 324 g/mol. The molecule has 4 rings (SSSR count). The fourth-order valence-corrected chi connectivity index (χ4v) is 3.82. The van der Waals surface area contributed by atoms with Gasteiger partial charge in [-0.2, -0.15) is 0 Å². The first-order valence-electron chi connectivity index (χ1n) is 8.92. The Morgan fingerprint density at radius 1 is 1.08 bits per heavy atom. The molecule has 126 valence electrons. The van der Waals surface area contributed by atoms with Crippen LogP contribution in [0, 0.1) is 12.8 Å². The van der Waals surface area contributed by atoms with Gasteiger partial charge in [0.15, 0.2) is 5.82 Å². The maximum Gasteiger partial charge on any atom is 0.161 e. The van der Waals surface area contributed by atoms with Crippen LogP contribution in [0.5, 0.6) is 0 Å². The molecule has 0 amide bonds. The van der Waals surface area contributed by atoms with Gasteiger partial charge in [-0.15, -0.1) is 0 Å². The van der Waals surface area contributed by atoms with Gasteiger partial charge < -0.3 is 9.64 Å². The predicted molar refractivity (Wildman–Crippen MR) is 93.9 cm³/mol. The van der Waals surface area contributed by atoms with Crippen LogP contribution in [0.25, 0.3) is 11.4 Å². The van der Waals surface area contributed by atoms with Gasteiger partial charge in [-0.3, -0.25) is 4.98 Å². The van der Waals surface area contributed by atoms with E-state index < -0.39 is 0 Å². The molecule has 4 heterocycles. The van der Waals surface area contributed by atoms with Crippen LogP contribution < -0.4 is 4.90 Å². The molecule has 0 aromatic carbocycles. The lowest BCUT2D eigenvalue weighted by Gasteiger charge is -2.35. The van der Waals surface area contributed by atoms with Crippen LogP contribution in [0.1, 0.15) is 31.4 Å². The molecule has 0 aliphatic carbocycles.